The van der Waals surface area contributed by atoms with E-state index in [-0.39, 0.29) is 35.9 Å². The fourth-order valence-electron chi connectivity index (χ4n) is 5.67. The molecule has 202 valence electrons. The number of benzene rings is 1. The highest BCUT2D eigenvalue weighted by Crippen LogP contribution is 2.41. The summed E-state index contributed by atoms with van der Waals surface area (Å²) in [6.45, 7) is 17.1. The Morgan fingerprint density at radius 1 is 1.24 bits per heavy atom. The van der Waals surface area contributed by atoms with E-state index < -0.39 is 0 Å². The molecule has 5 heteroatoms. The lowest BCUT2D eigenvalue weighted by Crippen LogP contribution is -2.52. The number of amides is 1. The van der Waals surface area contributed by atoms with Gasteiger partial charge in [-0.3, -0.25) is 4.79 Å². The maximum atomic E-state index is 13.2. The van der Waals surface area contributed by atoms with E-state index in [1.807, 2.05) is 13.2 Å². The largest absolute Gasteiger partial charge is 0.394 e. The summed E-state index contributed by atoms with van der Waals surface area (Å²) in [7, 11) is 2.00. The minimum Gasteiger partial charge on any atom is -0.394 e. The van der Waals surface area contributed by atoms with Gasteiger partial charge in [0, 0.05) is 29.7 Å². The third-order valence-electron chi connectivity index (χ3n) is 7.94. The second kappa shape index (κ2) is 12.2. The van der Waals surface area contributed by atoms with E-state index >= 15 is 0 Å². The summed E-state index contributed by atoms with van der Waals surface area (Å²) in [4.78, 5) is 18.9. The number of carbonyl (C=O) groups is 1. The number of rotatable bonds is 10. The number of allylic oxidation sites excluding steroid dienone is 5. The van der Waals surface area contributed by atoms with Gasteiger partial charge in [0.2, 0.25) is 5.91 Å². The first-order valence-corrected chi connectivity index (χ1v) is 13.7. The molecule has 1 aliphatic rings. The van der Waals surface area contributed by atoms with Crippen molar-refractivity contribution in [2.45, 2.75) is 91.1 Å². The Hall–Kier alpha value is -2.79. The molecule has 1 aliphatic heterocycles. The first-order chi connectivity index (χ1) is 17.5. The van der Waals surface area contributed by atoms with Crippen molar-refractivity contribution in [3.63, 3.8) is 0 Å². The molecule has 1 amide bonds. The summed E-state index contributed by atoms with van der Waals surface area (Å²) in [5, 5.41) is 14.3. The van der Waals surface area contributed by atoms with Gasteiger partial charge in [-0.25, -0.2) is 0 Å². The molecule has 1 aromatic heterocycles. The molecule has 0 spiro atoms. The van der Waals surface area contributed by atoms with Gasteiger partial charge in [-0.1, -0.05) is 56.2 Å². The number of likely N-dealkylation sites (N-methyl/N-ethyl adjacent to an activating group) is 1. The van der Waals surface area contributed by atoms with Crippen LogP contribution in [0.1, 0.15) is 78.4 Å². The molecule has 5 nitrogen and oxygen atoms in total. The molecule has 1 aromatic carbocycles. The number of hydrogen-bond acceptors (Lipinski definition) is 3. The van der Waals surface area contributed by atoms with Crippen LogP contribution in [0, 0.1) is 5.92 Å². The average molecular weight is 506 g/mol. The lowest BCUT2D eigenvalue weighted by molar-refractivity contribution is -0.124. The van der Waals surface area contributed by atoms with Crippen LogP contribution >= 0.6 is 0 Å². The van der Waals surface area contributed by atoms with Crippen LogP contribution in [0.3, 0.4) is 0 Å². The van der Waals surface area contributed by atoms with Crippen molar-refractivity contribution < 1.29 is 9.90 Å². The van der Waals surface area contributed by atoms with Crippen LogP contribution < -0.4 is 10.2 Å². The summed E-state index contributed by atoms with van der Waals surface area (Å²) in [6, 6.07) is 3.73. The third-order valence-corrected chi connectivity index (χ3v) is 7.94. The van der Waals surface area contributed by atoms with E-state index in [0.29, 0.717) is 6.42 Å². The van der Waals surface area contributed by atoms with Crippen molar-refractivity contribution in [1.82, 2.24) is 10.3 Å². The van der Waals surface area contributed by atoms with E-state index in [1.165, 1.54) is 16.7 Å². The Labute approximate surface area is 223 Å². The number of anilines is 1. The van der Waals surface area contributed by atoms with Gasteiger partial charge < -0.3 is 20.3 Å². The molecular formula is C32H47N3O2. The molecule has 0 saturated heterocycles. The number of aliphatic hydroxyl groups is 1. The Morgan fingerprint density at radius 2 is 1.97 bits per heavy atom. The minimum atomic E-state index is -0.325. The van der Waals surface area contributed by atoms with Crippen LogP contribution in [0.4, 0.5) is 5.69 Å². The van der Waals surface area contributed by atoms with Gasteiger partial charge in [-0.2, -0.15) is 0 Å². The number of H-pyrrole nitrogens is 1. The molecule has 2 aromatic rings. The summed E-state index contributed by atoms with van der Waals surface area (Å²) < 4.78 is 0. The van der Waals surface area contributed by atoms with E-state index in [2.05, 4.69) is 93.7 Å². The van der Waals surface area contributed by atoms with Gasteiger partial charge in [0.1, 0.15) is 6.04 Å². The zero-order valence-corrected chi connectivity index (χ0v) is 23.9. The van der Waals surface area contributed by atoms with Crippen LogP contribution in [0.5, 0.6) is 0 Å². The van der Waals surface area contributed by atoms with Crippen LogP contribution in [0.15, 0.2) is 54.3 Å². The topological polar surface area (TPSA) is 68.4 Å². The van der Waals surface area contributed by atoms with Crippen molar-refractivity contribution in [2.24, 2.45) is 5.92 Å². The predicted molar refractivity (Wildman–Crippen MR) is 157 cm³/mol. The molecule has 0 bridgehead atoms. The summed E-state index contributed by atoms with van der Waals surface area (Å²) >= 11 is 0. The quantitative estimate of drug-likeness (QED) is 0.320. The van der Waals surface area contributed by atoms with E-state index in [4.69, 9.17) is 0 Å². The molecule has 3 N–H and O–H groups in total. The molecule has 0 saturated carbocycles. The molecule has 1 unspecified atom stereocenters. The maximum Gasteiger partial charge on any atom is 0.243 e. The van der Waals surface area contributed by atoms with E-state index in [9.17, 15) is 9.90 Å². The number of aromatic nitrogens is 1. The first-order valence-electron chi connectivity index (χ1n) is 13.7. The predicted octanol–water partition coefficient (Wildman–Crippen LogP) is 6.58. The lowest BCUT2D eigenvalue weighted by Gasteiger charge is -2.33. The fraction of sp³-hybridized carbons (Fsp3) is 0.531. The molecule has 0 radical (unpaired) electrons. The van der Waals surface area contributed by atoms with Gasteiger partial charge in [0.05, 0.1) is 18.2 Å². The number of aliphatic hydroxyl groups excluding tert-OH is 1. The second-order valence-corrected chi connectivity index (χ2v) is 11.6. The fourth-order valence-corrected chi connectivity index (χ4v) is 5.67. The van der Waals surface area contributed by atoms with Crippen LogP contribution in [0.2, 0.25) is 0 Å². The van der Waals surface area contributed by atoms with E-state index in [1.54, 1.807) is 0 Å². The zero-order valence-electron chi connectivity index (χ0n) is 23.9. The monoisotopic (exact) mass is 505 g/mol. The second-order valence-electron chi connectivity index (χ2n) is 11.6. The van der Waals surface area contributed by atoms with E-state index in [0.717, 1.165) is 47.8 Å². The Balaban J connectivity index is 2.01. The molecule has 0 aliphatic carbocycles. The van der Waals surface area contributed by atoms with Crippen molar-refractivity contribution >= 4 is 22.5 Å². The van der Waals surface area contributed by atoms with Gasteiger partial charge in [-0.15, -0.1) is 6.58 Å². The summed E-state index contributed by atoms with van der Waals surface area (Å²) in [6.07, 6.45) is 13.5. The Morgan fingerprint density at radius 3 is 2.59 bits per heavy atom. The smallest absolute Gasteiger partial charge is 0.243 e. The SMILES string of the molecule is C=CC(C)(CC/C=C(\C)CCC=C(C)C)c1ccc2c3c(c[nH]c13)C[C@@H](CO)NC(=O)[C@H](C(C)C)N2C. The van der Waals surface area contributed by atoms with Crippen LogP contribution in [-0.2, 0) is 16.6 Å². The Bertz CT molecular complexity index is 1170. The van der Waals surface area contributed by atoms with Gasteiger partial charge in [-0.05, 0) is 76.0 Å². The number of nitrogens with one attached hydrogen (secondary N) is 2. The minimum absolute atomic E-state index is 0.0365. The standard InChI is InChI=1S/C32H47N3O2/c1-9-32(7,17-11-14-23(6)13-10-12-21(2)3)26-15-16-27-28-24(19-33-29(26)28)18-25(20-36)34-31(37)30(22(4)5)35(27)8/h9,12,14-16,19,22,25,30,33,36H,1,10-11,13,17-18,20H2,2-8H3,(H,34,37)/b23-14+/t25-,30-,32?/m0/s1. The zero-order chi connectivity index (χ0) is 27.3. The highest BCUT2D eigenvalue weighted by atomic mass is 16.3. The number of nitrogens with zero attached hydrogens (tertiary/aromatic N) is 1. The van der Waals surface area contributed by atoms with Crippen molar-refractivity contribution in [2.75, 3.05) is 18.6 Å². The molecular weight excluding hydrogens is 458 g/mol. The van der Waals surface area contributed by atoms with Crippen molar-refractivity contribution in [3.05, 3.63) is 65.4 Å². The number of hydrogen-bond donors (Lipinski definition) is 3. The lowest BCUT2D eigenvalue weighted by atomic mass is 9.77. The molecule has 3 rings (SSSR count). The van der Waals surface area contributed by atoms with Gasteiger partial charge >= 0.3 is 0 Å². The molecule has 2 heterocycles. The first kappa shape index (κ1) is 28.8. The molecule has 3 atom stereocenters. The molecule has 37 heavy (non-hydrogen) atoms. The van der Waals surface area contributed by atoms with Crippen LogP contribution in [-0.4, -0.2) is 41.7 Å². The third kappa shape index (κ3) is 6.38. The maximum absolute atomic E-state index is 13.2. The number of carbonyl (C=O) groups excluding carboxylic acids is 1. The number of aromatic amines is 1. The van der Waals surface area contributed by atoms with Crippen molar-refractivity contribution in [3.8, 4) is 0 Å². The summed E-state index contributed by atoms with van der Waals surface area (Å²) in [5.74, 6) is 0.0790. The molecule has 0 fully saturated rings. The average Bonchev–Trinajstić information content (AvgIpc) is 3.26. The van der Waals surface area contributed by atoms with Gasteiger partial charge in [0.25, 0.3) is 0 Å². The Kier molecular flexibility index (Phi) is 9.46. The normalized spacial score (nSPS) is 20.2. The highest BCUT2D eigenvalue weighted by molar-refractivity contribution is 6.00. The van der Waals surface area contributed by atoms with Crippen LogP contribution in [0.25, 0.3) is 10.9 Å². The van der Waals surface area contributed by atoms with Crippen molar-refractivity contribution in [1.29, 1.82) is 0 Å². The van der Waals surface area contributed by atoms with Gasteiger partial charge in [0.15, 0.2) is 0 Å². The summed E-state index contributed by atoms with van der Waals surface area (Å²) in [5.41, 5.74) is 7.06. The highest BCUT2D eigenvalue weighted by Gasteiger charge is 2.34.